The minimum atomic E-state index is 0.843. The van der Waals surface area contributed by atoms with E-state index in [0.717, 1.165) is 17.0 Å². The first kappa shape index (κ1) is 7.79. The van der Waals surface area contributed by atoms with E-state index in [1.54, 1.807) is 18.7 Å². The van der Waals surface area contributed by atoms with E-state index in [1.807, 2.05) is 19.1 Å². The molecule has 2 aromatic heterocycles. The third kappa shape index (κ3) is 1.51. The van der Waals surface area contributed by atoms with Crippen LogP contribution in [0.25, 0.3) is 11.3 Å². The summed E-state index contributed by atoms with van der Waals surface area (Å²) >= 11 is 0. The van der Waals surface area contributed by atoms with Crippen molar-refractivity contribution in [3.05, 3.63) is 36.5 Å². The van der Waals surface area contributed by atoms with E-state index in [2.05, 4.69) is 9.97 Å². The second kappa shape index (κ2) is 2.90. The fourth-order valence-corrected chi connectivity index (χ4v) is 1.11. The summed E-state index contributed by atoms with van der Waals surface area (Å²) in [6.07, 6.45) is 5.11. The molecule has 2 heterocycles. The van der Waals surface area contributed by atoms with Crippen molar-refractivity contribution in [2.75, 3.05) is 5.84 Å². The smallest absolute Gasteiger partial charge is 0.114 e. The van der Waals surface area contributed by atoms with Crippen LogP contribution < -0.4 is 5.84 Å². The molecule has 4 heteroatoms. The summed E-state index contributed by atoms with van der Waals surface area (Å²) in [5.74, 6) is 5.48. The normalized spacial score (nSPS) is 10.2. The molecule has 2 N–H and O–H groups in total. The molecular weight excluding hydrogens is 164 g/mol. The van der Waals surface area contributed by atoms with Gasteiger partial charge in [0.05, 0.1) is 11.9 Å². The summed E-state index contributed by atoms with van der Waals surface area (Å²) in [6, 6.07) is 3.93. The summed E-state index contributed by atoms with van der Waals surface area (Å²) in [5.41, 5.74) is 2.82. The van der Waals surface area contributed by atoms with E-state index in [-0.39, 0.29) is 0 Å². The Morgan fingerprint density at radius 2 is 2.15 bits per heavy atom. The van der Waals surface area contributed by atoms with Gasteiger partial charge in [0.25, 0.3) is 0 Å². The lowest BCUT2D eigenvalue weighted by Gasteiger charge is -1.95. The summed E-state index contributed by atoms with van der Waals surface area (Å²) in [6.45, 7) is 1.95. The average molecular weight is 174 g/mol. The maximum atomic E-state index is 5.48. The summed E-state index contributed by atoms with van der Waals surface area (Å²) in [7, 11) is 0. The SMILES string of the molecule is Cc1ccc(-c2cn(N)cn2)cn1. The minimum absolute atomic E-state index is 0.843. The van der Waals surface area contributed by atoms with Crippen LogP contribution in [-0.2, 0) is 0 Å². The number of pyridine rings is 1. The molecule has 0 spiro atoms. The highest BCUT2D eigenvalue weighted by Gasteiger charge is 2.00. The fraction of sp³-hybridized carbons (Fsp3) is 0.111. The van der Waals surface area contributed by atoms with Crippen LogP contribution in [0, 0.1) is 6.92 Å². The van der Waals surface area contributed by atoms with Crippen LogP contribution in [-0.4, -0.2) is 14.6 Å². The lowest BCUT2D eigenvalue weighted by molar-refractivity contribution is 1.00. The third-order valence-electron chi connectivity index (χ3n) is 1.81. The van der Waals surface area contributed by atoms with Crippen LogP contribution >= 0.6 is 0 Å². The number of aromatic nitrogens is 3. The van der Waals surface area contributed by atoms with Gasteiger partial charge >= 0.3 is 0 Å². The van der Waals surface area contributed by atoms with Gasteiger partial charge in [0.2, 0.25) is 0 Å². The zero-order valence-electron chi connectivity index (χ0n) is 7.31. The van der Waals surface area contributed by atoms with Gasteiger partial charge < -0.3 is 5.84 Å². The van der Waals surface area contributed by atoms with Gasteiger partial charge in [-0.3, -0.25) is 9.66 Å². The third-order valence-corrected chi connectivity index (χ3v) is 1.81. The van der Waals surface area contributed by atoms with Gasteiger partial charge in [0, 0.05) is 17.5 Å². The highest BCUT2D eigenvalue weighted by Crippen LogP contribution is 2.14. The first-order valence-corrected chi connectivity index (χ1v) is 3.98. The van der Waals surface area contributed by atoms with Crippen molar-refractivity contribution in [3.63, 3.8) is 0 Å². The fourth-order valence-electron chi connectivity index (χ4n) is 1.11. The van der Waals surface area contributed by atoms with Crippen molar-refractivity contribution < 1.29 is 0 Å². The van der Waals surface area contributed by atoms with Crippen molar-refractivity contribution in [1.29, 1.82) is 0 Å². The molecule has 0 bridgehead atoms. The van der Waals surface area contributed by atoms with E-state index >= 15 is 0 Å². The lowest BCUT2D eigenvalue weighted by atomic mass is 10.2. The highest BCUT2D eigenvalue weighted by molar-refractivity contribution is 5.56. The zero-order chi connectivity index (χ0) is 9.26. The van der Waals surface area contributed by atoms with Crippen LogP contribution in [0.3, 0.4) is 0 Å². The Morgan fingerprint density at radius 1 is 1.31 bits per heavy atom. The Morgan fingerprint density at radius 3 is 2.69 bits per heavy atom. The molecule has 4 nitrogen and oxygen atoms in total. The number of nitrogens with two attached hydrogens (primary N) is 1. The molecule has 0 saturated heterocycles. The number of rotatable bonds is 1. The number of nitrogen functional groups attached to an aromatic ring is 1. The Kier molecular flexibility index (Phi) is 1.73. The van der Waals surface area contributed by atoms with Crippen molar-refractivity contribution in [1.82, 2.24) is 14.6 Å². The van der Waals surface area contributed by atoms with Crippen LogP contribution in [0.4, 0.5) is 0 Å². The Hall–Kier alpha value is -1.84. The van der Waals surface area contributed by atoms with Crippen molar-refractivity contribution >= 4 is 0 Å². The predicted octanol–water partition coefficient (Wildman–Crippen LogP) is 0.967. The van der Waals surface area contributed by atoms with Gasteiger partial charge in [-0.05, 0) is 19.1 Å². The van der Waals surface area contributed by atoms with Gasteiger partial charge in [-0.15, -0.1) is 0 Å². The molecule has 0 atom stereocenters. The Bertz CT molecular complexity index is 402. The van der Waals surface area contributed by atoms with Gasteiger partial charge in [-0.1, -0.05) is 0 Å². The highest BCUT2D eigenvalue weighted by atomic mass is 15.3. The molecule has 0 aliphatic carbocycles. The quantitative estimate of drug-likeness (QED) is 0.655. The number of imidazole rings is 1. The number of hydrogen-bond acceptors (Lipinski definition) is 3. The minimum Gasteiger partial charge on any atom is -0.338 e. The maximum absolute atomic E-state index is 5.48. The van der Waals surface area contributed by atoms with Crippen LogP contribution in [0.2, 0.25) is 0 Å². The molecule has 0 fully saturated rings. The molecule has 0 aliphatic rings. The van der Waals surface area contributed by atoms with E-state index < -0.39 is 0 Å². The summed E-state index contributed by atoms with van der Waals surface area (Å²) in [4.78, 5) is 8.29. The van der Waals surface area contributed by atoms with E-state index in [4.69, 9.17) is 5.84 Å². The van der Waals surface area contributed by atoms with Crippen molar-refractivity contribution in [2.45, 2.75) is 6.92 Å². The second-order valence-electron chi connectivity index (χ2n) is 2.89. The zero-order valence-corrected chi connectivity index (χ0v) is 7.31. The number of hydrogen-bond donors (Lipinski definition) is 1. The largest absolute Gasteiger partial charge is 0.338 e. The first-order valence-electron chi connectivity index (χ1n) is 3.98. The average Bonchev–Trinajstić information content (AvgIpc) is 2.53. The van der Waals surface area contributed by atoms with E-state index in [0.29, 0.717) is 0 Å². The maximum Gasteiger partial charge on any atom is 0.114 e. The molecule has 0 amide bonds. The molecule has 13 heavy (non-hydrogen) atoms. The molecule has 66 valence electrons. The standard InChI is InChI=1S/C9H10N4/c1-7-2-3-8(4-11-7)9-5-13(10)6-12-9/h2-6H,10H2,1H3. The Labute approximate surface area is 76.0 Å². The Balaban J connectivity index is 2.41. The second-order valence-corrected chi connectivity index (χ2v) is 2.89. The van der Waals surface area contributed by atoms with Crippen molar-refractivity contribution in [2.24, 2.45) is 0 Å². The summed E-state index contributed by atoms with van der Waals surface area (Å²) < 4.78 is 1.43. The number of aryl methyl sites for hydroxylation is 1. The lowest BCUT2D eigenvalue weighted by Crippen LogP contribution is -2.02. The van der Waals surface area contributed by atoms with Crippen LogP contribution in [0.15, 0.2) is 30.9 Å². The molecule has 0 saturated carbocycles. The molecule has 2 rings (SSSR count). The number of nitrogens with zero attached hydrogens (tertiary/aromatic N) is 3. The van der Waals surface area contributed by atoms with Crippen molar-refractivity contribution in [3.8, 4) is 11.3 Å². The van der Waals surface area contributed by atoms with E-state index in [1.165, 1.54) is 4.68 Å². The molecule has 2 aromatic rings. The monoisotopic (exact) mass is 174 g/mol. The topological polar surface area (TPSA) is 56.7 Å². The molecular formula is C9H10N4. The molecule has 0 unspecified atom stereocenters. The first-order chi connectivity index (χ1) is 6.25. The van der Waals surface area contributed by atoms with Gasteiger partial charge in [-0.25, -0.2) is 4.98 Å². The van der Waals surface area contributed by atoms with Gasteiger partial charge in [0.1, 0.15) is 6.33 Å². The molecule has 0 aromatic carbocycles. The molecule has 0 radical (unpaired) electrons. The predicted molar refractivity (Wildman–Crippen MR) is 50.3 cm³/mol. The van der Waals surface area contributed by atoms with Gasteiger partial charge in [-0.2, -0.15) is 0 Å². The van der Waals surface area contributed by atoms with Crippen LogP contribution in [0.1, 0.15) is 5.69 Å². The van der Waals surface area contributed by atoms with Gasteiger partial charge in [0.15, 0.2) is 0 Å². The van der Waals surface area contributed by atoms with E-state index in [9.17, 15) is 0 Å². The van der Waals surface area contributed by atoms with Crippen LogP contribution in [0.5, 0.6) is 0 Å². The molecule has 0 aliphatic heterocycles. The summed E-state index contributed by atoms with van der Waals surface area (Å²) in [5, 5.41) is 0.